The molecule has 1 rings (SSSR count). The third-order valence-electron chi connectivity index (χ3n) is 1.99. The van der Waals surface area contributed by atoms with Gasteiger partial charge in [-0.2, -0.15) is 0 Å². The molecule has 0 saturated carbocycles. The Kier molecular flexibility index (Phi) is 6.82. The summed E-state index contributed by atoms with van der Waals surface area (Å²) in [6.07, 6.45) is 5.86. The van der Waals surface area contributed by atoms with Gasteiger partial charge in [-0.3, -0.25) is 4.79 Å². The Bertz CT molecular complexity index is 114. The molecule has 0 radical (unpaired) electrons. The average Bonchev–Trinajstić information content (AvgIpc) is 2.07. The third-order valence-corrected chi connectivity index (χ3v) is 1.99. The van der Waals surface area contributed by atoms with E-state index in [0.717, 1.165) is 13.0 Å². The second kappa shape index (κ2) is 7.14. The Morgan fingerprint density at radius 1 is 1.42 bits per heavy atom. The first kappa shape index (κ1) is 11.5. The number of hydrogen-bond donors (Lipinski definition) is 0. The Hall–Kier alpha value is -0.530. The Morgan fingerprint density at radius 2 is 2.00 bits per heavy atom. The molecular weight excluding hydrogens is 150 g/mol. The molecule has 1 saturated heterocycles. The van der Waals surface area contributed by atoms with Gasteiger partial charge in [0.05, 0.1) is 0 Å². The molecule has 1 atom stereocenters. The van der Waals surface area contributed by atoms with Crippen LogP contribution in [0.5, 0.6) is 0 Å². The lowest BCUT2D eigenvalue weighted by Crippen LogP contribution is -2.35. The van der Waals surface area contributed by atoms with Gasteiger partial charge >= 0.3 is 0 Å². The molecule has 0 aromatic heterocycles. The van der Waals surface area contributed by atoms with E-state index in [1.165, 1.54) is 25.7 Å². The molecule has 0 aliphatic carbocycles. The number of hydrogen-bond acceptors (Lipinski definition) is 1. The van der Waals surface area contributed by atoms with Gasteiger partial charge in [0.2, 0.25) is 6.41 Å². The van der Waals surface area contributed by atoms with Crippen LogP contribution in [0.2, 0.25) is 0 Å². The Morgan fingerprint density at radius 3 is 2.33 bits per heavy atom. The van der Waals surface area contributed by atoms with Gasteiger partial charge < -0.3 is 4.90 Å². The van der Waals surface area contributed by atoms with Crippen LogP contribution in [0.25, 0.3) is 0 Å². The van der Waals surface area contributed by atoms with Crippen LogP contribution in [0.4, 0.5) is 0 Å². The highest BCUT2D eigenvalue weighted by molar-refractivity contribution is 5.47. The van der Waals surface area contributed by atoms with Crippen molar-refractivity contribution in [3.05, 3.63) is 0 Å². The SMILES string of the molecule is CC1CCCCN1C=O.CCC. The van der Waals surface area contributed by atoms with Crippen LogP contribution < -0.4 is 0 Å². The van der Waals surface area contributed by atoms with Crippen molar-refractivity contribution in [2.24, 2.45) is 0 Å². The highest BCUT2D eigenvalue weighted by atomic mass is 16.1. The van der Waals surface area contributed by atoms with Crippen molar-refractivity contribution in [2.75, 3.05) is 6.54 Å². The molecule has 0 aromatic carbocycles. The van der Waals surface area contributed by atoms with E-state index in [1.54, 1.807) is 0 Å². The summed E-state index contributed by atoms with van der Waals surface area (Å²) in [5.74, 6) is 0. The molecule has 1 amide bonds. The smallest absolute Gasteiger partial charge is 0.209 e. The second-order valence-corrected chi connectivity index (χ2v) is 3.40. The molecule has 1 fully saturated rings. The van der Waals surface area contributed by atoms with Crippen molar-refractivity contribution in [3.63, 3.8) is 0 Å². The summed E-state index contributed by atoms with van der Waals surface area (Å²) in [6, 6.07) is 0.483. The molecule has 2 nitrogen and oxygen atoms in total. The van der Waals surface area contributed by atoms with E-state index in [0.29, 0.717) is 6.04 Å². The van der Waals surface area contributed by atoms with Gasteiger partial charge in [-0.1, -0.05) is 20.3 Å². The van der Waals surface area contributed by atoms with Gasteiger partial charge in [0.15, 0.2) is 0 Å². The fourth-order valence-electron chi connectivity index (χ4n) is 1.28. The molecular formula is C10H21NO. The number of carbonyl (C=O) groups is 1. The van der Waals surface area contributed by atoms with Gasteiger partial charge in [-0.05, 0) is 26.2 Å². The average molecular weight is 171 g/mol. The van der Waals surface area contributed by atoms with Crippen molar-refractivity contribution in [3.8, 4) is 0 Å². The number of piperidine rings is 1. The topological polar surface area (TPSA) is 20.3 Å². The summed E-state index contributed by atoms with van der Waals surface area (Å²) in [5, 5.41) is 0. The molecule has 2 heteroatoms. The van der Waals surface area contributed by atoms with E-state index in [4.69, 9.17) is 0 Å². The number of rotatable bonds is 1. The highest BCUT2D eigenvalue weighted by Crippen LogP contribution is 2.13. The van der Waals surface area contributed by atoms with Gasteiger partial charge in [0, 0.05) is 12.6 Å². The fourth-order valence-corrected chi connectivity index (χ4v) is 1.28. The maximum absolute atomic E-state index is 10.3. The molecule has 12 heavy (non-hydrogen) atoms. The molecule has 1 unspecified atom stereocenters. The fraction of sp³-hybridized carbons (Fsp3) is 0.900. The van der Waals surface area contributed by atoms with Crippen LogP contribution in [-0.4, -0.2) is 23.9 Å². The summed E-state index contributed by atoms with van der Waals surface area (Å²) in [7, 11) is 0. The largest absolute Gasteiger partial charge is 0.343 e. The minimum Gasteiger partial charge on any atom is -0.343 e. The number of carbonyl (C=O) groups excluding carboxylic acids is 1. The lowest BCUT2D eigenvalue weighted by atomic mass is 10.1. The lowest BCUT2D eigenvalue weighted by molar-refractivity contribution is -0.120. The summed E-state index contributed by atoms with van der Waals surface area (Å²) in [6.45, 7) is 7.32. The summed E-state index contributed by atoms with van der Waals surface area (Å²) in [5.41, 5.74) is 0. The molecule has 1 aliphatic rings. The predicted molar refractivity (Wildman–Crippen MR) is 52.0 cm³/mol. The van der Waals surface area contributed by atoms with E-state index in [9.17, 15) is 4.79 Å². The monoisotopic (exact) mass is 171 g/mol. The molecule has 1 heterocycles. The molecule has 0 aromatic rings. The second-order valence-electron chi connectivity index (χ2n) is 3.40. The predicted octanol–water partition coefficient (Wildman–Crippen LogP) is 2.43. The van der Waals surface area contributed by atoms with Crippen molar-refractivity contribution >= 4 is 6.41 Å². The highest BCUT2D eigenvalue weighted by Gasteiger charge is 2.14. The normalized spacial score (nSPS) is 22.6. The van der Waals surface area contributed by atoms with Crippen LogP contribution in [0.3, 0.4) is 0 Å². The van der Waals surface area contributed by atoms with Crippen LogP contribution in [0.15, 0.2) is 0 Å². The van der Waals surface area contributed by atoms with Gasteiger partial charge in [-0.25, -0.2) is 0 Å². The Labute approximate surface area is 75.9 Å². The quantitative estimate of drug-likeness (QED) is 0.555. The maximum atomic E-state index is 10.3. The number of amides is 1. The van der Waals surface area contributed by atoms with Crippen LogP contribution in [-0.2, 0) is 4.79 Å². The first-order valence-corrected chi connectivity index (χ1v) is 4.97. The summed E-state index contributed by atoms with van der Waals surface area (Å²) >= 11 is 0. The lowest BCUT2D eigenvalue weighted by Gasteiger charge is -2.29. The van der Waals surface area contributed by atoms with E-state index < -0.39 is 0 Å². The minimum absolute atomic E-state index is 0.483. The minimum atomic E-state index is 0.483. The van der Waals surface area contributed by atoms with E-state index in [-0.39, 0.29) is 0 Å². The third kappa shape index (κ3) is 4.37. The van der Waals surface area contributed by atoms with Crippen molar-refractivity contribution in [1.29, 1.82) is 0 Å². The summed E-state index contributed by atoms with van der Waals surface area (Å²) < 4.78 is 0. The maximum Gasteiger partial charge on any atom is 0.209 e. The van der Waals surface area contributed by atoms with Gasteiger partial charge in [0.1, 0.15) is 0 Å². The number of nitrogens with zero attached hydrogens (tertiary/aromatic N) is 1. The first-order valence-electron chi connectivity index (χ1n) is 4.97. The zero-order valence-corrected chi connectivity index (χ0v) is 8.55. The Balaban J connectivity index is 0.000000354. The molecule has 0 N–H and O–H groups in total. The summed E-state index contributed by atoms with van der Waals surface area (Å²) in [4.78, 5) is 12.2. The number of likely N-dealkylation sites (tertiary alicyclic amines) is 1. The van der Waals surface area contributed by atoms with Crippen LogP contribution >= 0.6 is 0 Å². The zero-order valence-electron chi connectivity index (χ0n) is 8.55. The van der Waals surface area contributed by atoms with Crippen LogP contribution in [0.1, 0.15) is 46.5 Å². The molecule has 0 spiro atoms. The first-order chi connectivity index (χ1) is 5.76. The molecule has 72 valence electrons. The van der Waals surface area contributed by atoms with Gasteiger partial charge in [0.25, 0.3) is 0 Å². The van der Waals surface area contributed by atoms with Crippen molar-refractivity contribution in [1.82, 2.24) is 4.90 Å². The van der Waals surface area contributed by atoms with Crippen molar-refractivity contribution in [2.45, 2.75) is 52.5 Å². The van der Waals surface area contributed by atoms with E-state index >= 15 is 0 Å². The van der Waals surface area contributed by atoms with E-state index in [1.807, 2.05) is 4.90 Å². The molecule has 1 aliphatic heterocycles. The van der Waals surface area contributed by atoms with Crippen LogP contribution in [0, 0.1) is 0 Å². The van der Waals surface area contributed by atoms with Crippen molar-refractivity contribution < 1.29 is 4.79 Å². The molecule has 0 bridgehead atoms. The van der Waals surface area contributed by atoms with Gasteiger partial charge in [-0.15, -0.1) is 0 Å². The van der Waals surface area contributed by atoms with E-state index in [2.05, 4.69) is 20.8 Å². The standard InChI is InChI=1S/C7H13NO.C3H8/c1-7-4-2-3-5-8(7)6-9;1-3-2/h6-7H,2-5H2,1H3;3H2,1-2H3. The zero-order chi connectivity index (χ0) is 9.40.